The predicted octanol–water partition coefficient (Wildman–Crippen LogP) is 2.06. The molecule has 7 heteroatoms. The van der Waals surface area contributed by atoms with E-state index < -0.39 is 0 Å². The highest BCUT2D eigenvalue weighted by Gasteiger charge is 2.38. The van der Waals surface area contributed by atoms with E-state index >= 15 is 0 Å². The Morgan fingerprint density at radius 3 is 2.67 bits per heavy atom. The Balaban J connectivity index is 1.48. The van der Waals surface area contributed by atoms with Crippen molar-refractivity contribution in [2.45, 2.75) is 58.5 Å². The molecule has 1 atom stereocenters. The van der Waals surface area contributed by atoms with E-state index in [2.05, 4.69) is 10.4 Å². The van der Waals surface area contributed by atoms with Crippen LogP contribution in [0.15, 0.2) is 0 Å². The molecule has 1 saturated carbocycles. The van der Waals surface area contributed by atoms with Gasteiger partial charge in [-0.1, -0.05) is 24.4 Å². The van der Waals surface area contributed by atoms with Crippen LogP contribution in [0.2, 0.25) is 5.02 Å². The van der Waals surface area contributed by atoms with Gasteiger partial charge in [0.15, 0.2) is 0 Å². The smallest absolute Gasteiger partial charge is 0.225 e. The van der Waals surface area contributed by atoms with E-state index in [0.29, 0.717) is 37.1 Å². The Morgan fingerprint density at radius 1 is 1.33 bits per heavy atom. The fourth-order valence-corrected chi connectivity index (χ4v) is 3.93. The van der Waals surface area contributed by atoms with E-state index in [1.165, 1.54) is 12.8 Å². The molecule has 132 valence electrons. The van der Waals surface area contributed by atoms with Crippen molar-refractivity contribution in [1.29, 1.82) is 0 Å². The van der Waals surface area contributed by atoms with Crippen LogP contribution in [0.1, 0.15) is 43.5 Å². The average Bonchev–Trinajstić information content (AvgIpc) is 3.25. The molecule has 6 nitrogen and oxygen atoms in total. The van der Waals surface area contributed by atoms with Crippen molar-refractivity contribution in [2.24, 2.45) is 5.92 Å². The minimum absolute atomic E-state index is 0.0310. The fraction of sp³-hybridized carbons (Fsp3) is 0.706. The topological polar surface area (TPSA) is 67.2 Å². The summed E-state index contributed by atoms with van der Waals surface area (Å²) in [5.41, 5.74) is 1.71. The van der Waals surface area contributed by atoms with Gasteiger partial charge in [0.1, 0.15) is 0 Å². The van der Waals surface area contributed by atoms with Gasteiger partial charge in [0.25, 0.3) is 0 Å². The van der Waals surface area contributed by atoms with Gasteiger partial charge < -0.3 is 10.2 Å². The highest BCUT2D eigenvalue weighted by atomic mass is 35.5. The van der Waals surface area contributed by atoms with Gasteiger partial charge in [-0.2, -0.15) is 5.10 Å². The summed E-state index contributed by atoms with van der Waals surface area (Å²) < 4.78 is 1.81. The molecule has 24 heavy (non-hydrogen) atoms. The van der Waals surface area contributed by atoms with Crippen molar-refractivity contribution in [3.05, 3.63) is 16.4 Å². The minimum Gasteiger partial charge on any atom is -0.354 e. The van der Waals surface area contributed by atoms with Gasteiger partial charge in [-0.05, 0) is 26.7 Å². The molecular formula is C17H25ClN4O2. The first kappa shape index (κ1) is 17.3. The maximum absolute atomic E-state index is 12.4. The number of nitrogens with one attached hydrogen (secondary N) is 1. The number of amides is 2. The molecule has 3 rings (SSSR count). The average molecular weight is 353 g/mol. The van der Waals surface area contributed by atoms with Crippen LogP contribution in [0.3, 0.4) is 0 Å². The molecule has 0 radical (unpaired) electrons. The van der Waals surface area contributed by atoms with Crippen LogP contribution < -0.4 is 5.32 Å². The summed E-state index contributed by atoms with van der Waals surface area (Å²) in [4.78, 5) is 26.5. The zero-order valence-corrected chi connectivity index (χ0v) is 15.1. The van der Waals surface area contributed by atoms with Crippen molar-refractivity contribution >= 4 is 23.4 Å². The standard InChI is InChI=1S/C17H25ClN4O2/c1-11-16(18)12(2)22(20-11)8-7-19-17(24)13-9-15(23)21(10-13)14-5-3-4-6-14/h13-14H,3-10H2,1-2H3,(H,19,24)/t13-/m1/s1. The van der Waals surface area contributed by atoms with Gasteiger partial charge in [0.05, 0.1) is 28.9 Å². The van der Waals surface area contributed by atoms with Crippen LogP contribution in [0, 0.1) is 19.8 Å². The number of likely N-dealkylation sites (tertiary alicyclic amines) is 1. The Kier molecular flexibility index (Phi) is 5.13. The quantitative estimate of drug-likeness (QED) is 0.882. The molecule has 2 heterocycles. The molecule has 1 aliphatic carbocycles. The summed E-state index contributed by atoms with van der Waals surface area (Å²) in [7, 11) is 0. The molecule has 1 N–H and O–H groups in total. The van der Waals surface area contributed by atoms with Crippen LogP contribution in [0.4, 0.5) is 0 Å². The zero-order valence-electron chi connectivity index (χ0n) is 14.3. The Labute approximate surface area is 147 Å². The summed E-state index contributed by atoms with van der Waals surface area (Å²) >= 11 is 6.12. The third-order valence-corrected chi connectivity index (χ3v) is 5.76. The van der Waals surface area contributed by atoms with E-state index in [1.807, 2.05) is 23.4 Å². The summed E-state index contributed by atoms with van der Waals surface area (Å²) in [6.45, 7) is 5.43. The second kappa shape index (κ2) is 7.13. The second-order valence-electron chi connectivity index (χ2n) is 6.88. The molecule has 2 fully saturated rings. The molecule has 1 aromatic heterocycles. The van der Waals surface area contributed by atoms with Crippen LogP contribution in [0.5, 0.6) is 0 Å². The van der Waals surface area contributed by atoms with E-state index in [0.717, 1.165) is 24.2 Å². The lowest BCUT2D eigenvalue weighted by atomic mass is 10.1. The van der Waals surface area contributed by atoms with Gasteiger partial charge in [-0.25, -0.2) is 0 Å². The molecule has 0 bridgehead atoms. The molecule has 0 aromatic carbocycles. The van der Waals surface area contributed by atoms with E-state index in [9.17, 15) is 9.59 Å². The number of hydrogen-bond donors (Lipinski definition) is 1. The number of halogens is 1. The predicted molar refractivity (Wildman–Crippen MR) is 91.8 cm³/mol. The Morgan fingerprint density at radius 2 is 2.04 bits per heavy atom. The number of carbonyl (C=O) groups excluding carboxylic acids is 2. The van der Waals surface area contributed by atoms with E-state index in [4.69, 9.17) is 11.6 Å². The second-order valence-corrected chi connectivity index (χ2v) is 7.26. The largest absolute Gasteiger partial charge is 0.354 e. The first-order valence-electron chi connectivity index (χ1n) is 8.74. The summed E-state index contributed by atoms with van der Waals surface area (Å²) in [6, 6.07) is 0.354. The number of nitrogens with zero attached hydrogens (tertiary/aromatic N) is 3. The summed E-state index contributed by atoms with van der Waals surface area (Å²) in [5.74, 6) is -0.119. The third-order valence-electron chi connectivity index (χ3n) is 5.21. The Hall–Kier alpha value is -1.56. The van der Waals surface area contributed by atoms with Gasteiger partial charge >= 0.3 is 0 Å². The Bertz CT molecular complexity index is 637. The SMILES string of the molecule is Cc1nn(CCNC(=O)[C@@H]2CC(=O)N(C3CCCC3)C2)c(C)c1Cl. The van der Waals surface area contributed by atoms with Crippen molar-refractivity contribution in [2.75, 3.05) is 13.1 Å². The molecular weight excluding hydrogens is 328 g/mol. The number of hydrogen-bond acceptors (Lipinski definition) is 3. The normalized spacial score (nSPS) is 21.7. The lowest BCUT2D eigenvalue weighted by Gasteiger charge is -2.23. The molecule has 1 aromatic rings. The first-order valence-corrected chi connectivity index (χ1v) is 9.12. The monoisotopic (exact) mass is 352 g/mol. The maximum Gasteiger partial charge on any atom is 0.225 e. The highest BCUT2D eigenvalue weighted by Crippen LogP contribution is 2.29. The van der Waals surface area contributed by atoms with Gasteiger partial charge in [0, 0.05) is 25.6 Å². The van der Waals surface area contributed by atoms with E-state index in [1.54, 1.807) is 0 Å². The molecule has 2 amide bonds. The summed E-state index contributed by atoms with van der Waals surface area (Å²) in [6.07, 6.45) is 4.89. The van der Waals surface area contributed by atoms with Crippen molar-refractivity contribution in [1.82, 2.24) is 20.0 Å². The van der Waals surface area contributed by atoms with Gasteiger partial charge in [-0.15, -0.1) is 0 Å². The van der Waals surface area contributed by atoms with Crippen LogP contribution in [-0.4, -0.2) is 45.6 Å². The molecule has 0 unspecified atom stereocenters. The molecule has 1 saturated heterocycles. The van der Waals surface area contributed by atoms with Crippen molar-refractivity contribution in [3.8, 4) is 0 Å². The number of rotatable bonds is 5. The fourth-order valence-electron chi connectivity index (χ4n) is 3.80. The number of aryl methyl sites for hydroxylation is 1. The molecule has 2 aliphatic rings. The number of aromatic nitrogens is 2. The molecule has 0 spiro atoms. The minimum atomic E-state index is -0.220. The first-order chi connectivity index (χ1) is 11.5. The van der Waals surface area contributed by atoms with Crippen LogP contribution in [-0.2, 0) is 16.1 Å². The van der Waals surface area contributed by atoms with Gasteiger partial charge in [0.2, 0.25) is 11.8 Å². The lowest BCUT2D eigenvalue weighted by Crippen LogP contribution is -2.37. The maximum atomic E-state index is 12.4. The lowest BCUT2D eigenvalue weighted by molar-refractivity contribution is -0.130. The summed E-state index contributed by atoms with van der Waals surface area (Å²) in [5, 5.41) is 7.97. The van der Waals surface area contributed by atoms with Crippen LogP contribution in [0.25, 0.3) is 0 Å². The molecule has 1 aliphatic heterocycles. The number of carbonyl (C=O) groups is 2. The highest BCUT2D eigenvalue weighted by molar-refractivity contribution is 6.31. The van der Waals surface area contributed by atoms with Crippen molar-refractivity contribution < 1.29 is 9.59 Å². The zero-order chi connectivity index (χ0) is 17.3. The van der Waals surface area contributed by atoms with E-state index in [-0.39, 0.29) is 17.7 Å². The van der Waals surface area contributed by atoms with Crippen molar-refractivity contribution in [3.63, 3.8) is 0 Å². The third kappa shape index (κ3) is 3.43. The van der Waals surface area contributed by atoms with Crippen LogP contribution >= 0.6 is 11.6 Å². The van der Waals surface area contributed by atoms with Gasteiger partial charge in [-0.3, -0.25) is 14.3 Å².